The van der Waals surface area contributed by atoms with Crippen molar-refractivity contribution in [3.05, 3.63) is 34.1 Å². The Morgan fingerprint density at radius 2 is 2.00 bits per heavy atom. The van der Waals surface area contributed by atoms with E-state index in [4.69, 9.17) is 0 Å². The zero-order chi connectivity index (χ0) is 13.8. The van der Waals surface area contributed by atoms with Crippen molar-refractivity contribution in [2.24, 2.45) is 5.41 Å². The molecule has 0 aliphatic rings. The largest absolute Gasteiger partial charge is 0.316 e. The molecular weight excluding hydrogens is 293 g/mol. The van der Waals surface area contributed by atoms with Gasteiger partial charge in [0.25, 0.3) is 0 Å². The molecule has 3 heteroatoms. The van der Waals surface area contributed by atoms with Crippen molar-refractivity contribution < 1.29 is 4.39 Å². The number of halogens is 2. The summed E-state index contributed by atoms with van der Waals surface area (Å²) in [6.45, 7) is 6.73. The van der Waals surface area contributed by atoms with Crippen molar-refractivity contribution in [1.82, 2.24) is 5.32 Å². The lowest BCUT2D eigenvalue weighted by atomic mass is 9.83. The van der Waals surface area contributed by atoms with Crippen LogP contribution in [0.15, 0.2) is 22.7 Å². The molecule has 0 radical (unpaired) electrons. The van der Waals surface area contributed by atoms with E-state index in [0.29, 0.717) is 10.5 Å². The maximum Gasteiger partial charge on any atom is 0.137 e. The van der Waals surface area contributed by atoms with Gasteiger partial charge in [0.05, 0.1) is 4.47 Å². The lowest BCUT2D eigenvalue weighted by Crippen LogP contribution is -2.37. The number of aryl methyl sites for hydroxylation is 1. The second kappa shape index (κ2) is 6.67. The molecule has 0 aliphatic heterocycles. The number of hydrogen-bond acceptors (Lipinski definition) is 1. The van der Waals surface area contributed by atoms with Crippen molar-refractivity contribution in [2.45, 2.75) is 46.1 Å². The van der Waals surface area contributed by atoms with Gasteiger partial charge in [-0.15, -0.1) is 0 Å². The standard InChI is InChI=1S/C15H23BrFN/c1-15(2,3)13(18-4)10-6-8-11-7-5-9-12(17)14(11)16/h5,7,9,13,18H,6,8,10H2,1-4H3. The summed E-state index contributed by atoms with van der Waals surface area (Å²) >= 11 is 3.31. The Morgan fingerprint density at radius 3 is 2.56 bits per heavy atom. The van der Waals surface area contributed by atoms with Crippen molar-refractivity contribution in [3.8, 4) is 0 Å². The van der Waals surface area contributed by atoms with Gasteiger partial charge in [-0.05, 0) is 59.3 Å². The third kappa shape index (κ3) is 4.36. The summed E-state index contributed by atoms with van der Waals surface area (Å²) in [5.74, 6) is -0.173. The van der Waals surface area contributed by atoms with E-state index >= 15 is 0 Å². The van der Waals surface area contributed by atoms with E-state index < -0.39 is 0 Å². The minimum absolute atomic E-state index is 0.173. The minimum Gasteiger partial charge on any atom is -0.316 e. The minimum atomic E-state index is -0.173. The fourth-order valence-electron chi connectivity index (χ4n) is 2.25. The van der Waals surface area contributed by atoms with E-state index in [1.54, 1.807) is 6.07 Å². The number of benzene rings is 1. The third-order valence-electron chi connectivity index (χ3n) is 3.36. The first-order valence-electron chi connectivity index (χ1n) is 6.46. The molecule has 0 spiro atoms. The van der Waals surface area contributed by atoms with Gasteiger partial charge in [0.15, 0.2) is 0 Å². The highest BCUT2D eigenvalue weighted by Crippen LogP contribution is 2.25. The number of nitrogens with one attached hydrogen (secondary N) is 1. The Labute approximate surface area is 118 Å². The van der Waals surface area contributed by atoms with Gasteiger partial charge in [-0.3, -0.25) is 0 Å². The number of hydrogen-bond donors (Lipinski definition) is 1. The molecule has 0 saturated carbocycles. The molecule has 1 rings (SSSR count). The van der Waals surface area contributed by atoms with E-state index in [9.17, 15) is 4.39 Å². The van der Waals surface area contributed by atoms with Gasteiger partial charge in [-0.1, -0.05) is 32.9 Å². The van der Waals surface area contributed by atoms with Crippen molar-refractivity contribution in [3.63, 3.8) is 0 Å². The normalized spacial score (nSPS) is 13.7. The zero-order valence-electron chi connectivity index (χ0n) is 11.7. The van der Waals surface area contributed by atoms with Gasteiger partial charge >= 0.3 is 0 Å². The van der Waals surface area contributed by atoms with Crippen LogP contribution in [0.25, 0.3) is 0 Å². The second-order valence-electron chi connectivity index (χ2n) is 5.81. The molecule has 1 N–H and O–H groups in total. The first kappa shape index (κ1) is 15.6. The summed E-state index contributed by atoms with van der Waals surface area (Å²) in [6.07, 6.45) is 3.07. The van der Waals surface area contributed by atoms with E-state index in [1.165, 1.54) is 6.07 Å². The van der Waals surface area contributed by atoms with E-state index in [1.807, 2.05) is 13.1 Å². The summed E-state index contributed by atoms with van der Waals surface area (Å²) in [5.41, 5.74) is 1.31. The van der Waals surface area contributed by atoms with Gasteiger partial charge in [-0.2, -0.15) is 0 Å². The molecule has 1 aromatic carbocycles. The fraction of sp³-hybridized carbons (Fsp3) is 0.600. The smallest absolute Gasteiger partial charge is 0.137 e. The molecule has 1 nitrogen and oxygen atoms in total. The molecule has 0 heterocycles. The average Bonchev–Trinajstić information content (AvgIpc) is 2.28. The Bertz CT molecular complexity index is 385. The van der Waals surface area contributed by atoms with Crippen LogP contribution < -0.4 is 5.32 Å². The van der Waals surface area contributed by atoms with Crippen LogP contribution in [0, 0.1) is 11.2 Å². The summed E-state index contributed by atoms with van der Waals surface area (Å²) in [5, 5.41) is 3.37. The zero-order valence-corrected chi connectivity index (χ0v) is 13.3. The molecule has 0 saturated heterocycles. The molecule has 1 unspecified atom stereocenters. The monoisotopic (exact) mass is 315 g/mol. The molecule has 0 fully saturated rings. The highest BCUT2D eigenvalue weighted by atomic mass is 79.9. The lowest BCUT2D eigenvalue weighted by molar-refractivity contribution is 0.263. The van der Waals surface area contributed by atoms with E-state index in [-0.39, 0.29) is 11.2 Å². The quantitative estimate of drug-likeness (QED) is 0.840. The molecule has 102 valence electrons. The molecule has 0 aliphatic carbocycles. The maximum atomic E-state index is 13.4. The Kier molecular flexibility index (Phi) is 5.80. The Hall–Kier alpha value is -0.410. The van der Waals surface area contributed by atoms with Gasteiger partial charge in [0, 0.05) is 6.04 Å². The van der Waals surface area contributed by atoms with Crippen LogP contribution in [0.5, 0.6) is 0 Å². The van der Waals surface area contributed by atoms with Crippen molar-refractivity contribution >= 4 is 15.9 Å². The van der Waals surface area contributed by atoms with E-state index in [0.717, 1.165) is 24.8 Å². The number of rotatable bonds is 5. The highest BCUT2D eigenvalue weighted by molar-refractivity contribution is 9.10. The topological polar surface area (TPSA) is 12.0 Å². The first-order valence-corrected chi connectivity index (χ1v) is 7.25. The van der Waals surface area contributed by atoms with Crippen LogP contribution >= 0.6 is 15.9 Å². The molecule has 1 atom stereocenters. The van der Waals surface area contributed by atoms with Crippen LogP contribution in [-0.2, 0) is 6.42 Å². The SMILES string of the molecule is CNC(CCCc1cccc(F)c1Br)C(C)(C)C. The van der Waals surface area contributed by atoms with Crippen molar-refractivity contribution in [1.29, 1.82) is 0 Å². The molecule has 0 bridgehead atoms. The summed E-state index contributed by atoms with van der Waals surface area (Å²) < 4.78 is 14.0. The third-order valence-corrected chi connectivity index (χ3v) is 4.25. The summed E-state index contributed by atoms with van der Waals surface area (Å²) in [6, 6.07) is 5.73. The fourth-order valence-corrected chi connectivity index (χ4v) is 2.71. The summed E-state index contributed by atoms with van der Waals surface area (Å²) in [4.78, 5) is 0. The lowest BCUT2D eigenvalue weighted by Gasteiger charge is -2.30. The van der Waals surface area contributed by atoms with Crippen LogP contribution in [-0.4, -0.2) is 13.1 Å². The second-order valence-corrected chi connectivity index (χ2v) is 6.61. The summed E-state index contributed by atoms with van der Waals surface area (Å²) in [7, 11) is 2.01. The first-order chi connectivity index (χ1) is 8.36. The van der Waals surface area contributed by atoms with E-state index in [2.05, 4.69) is 42.0 Å². The van der Waals surface area contributed by atoms with Crippen molar-refractivity contribution in [2.75, 3.05) is 7.05 Å². The Balaban J connectivity index is 2.53. The predicted molar refractivity (Wildman–Crippen MR) is 79.3 cm³/mol. The molecule has 0 amide bonds. The van der Waals surface area contributed by atoms with Crippen LogP contribution in [0.3, 0.4) is 0 Å². The van der Waals surface area contributed by atoms with Gasteiger partial charge in [0.2, 0.25) is 0 Å². The molecular formula is C15H23BrFN. The molecule has 1 aromatic rings. The predicted octanol–water partition coefficient (Wildman–Crippen LogP) is 4.55. The van der Waals surface area contributed by atoms with Gasteiger partial charge in [0.1, 0.15) is 5.82 Å². The van der Waals surface area contributed by atoms with Gasteiger partial charge in [-0.25, -0.2) is 4.39 Å². The van der Waals surface area contributed by atoms with Gasteiger partial charge < -0.3 is 5.32 Å². The average molecular weight is 316 g/mol. The van der Waals surface area contributed by atoms with Crippen LogP contribution in [0.1, 0.15) is 39.2 Å². The highest BCUT2D eigenvalue weighted by Gasteiger charge is 2.22. The Morgan fingerprint density at radius 1 is 1.33 bits per heavy atom. The molecule has 0 aromatic heterocycles. The maximum absolute atomic E-state index is 13.4. The molecule has 18 heavy (non-hydrogen) atoms. The van der Waals surface area contributed by atoms with Crippen LogP contribution in [0.4, 0.5) is 4.39 Å². The van der Waals surface area contributed by atoms with Crippen LogP contribution in [0.2, 0.25) is 0 Å².